The predicted molar refractivity (Wildman–Crippen MR) is 217 cm³/mol. The second-order valence-corrected chi connectivity index (χ2v) is 13.0. The first-order valence-electron chi connectivity index (χ1n) is 18.0. The Balaban J connectivity index is 1.09. The quantitative estimate of drug-likeness (QED) is 0.144. The van der Waals surface area contributed by atoms with Gasteiger partial charge in [0.1, 0.15) is 5.75 Å². The van der Waals surface area contributed by atoms with Crippen molar-refractivity contribution in [1.29, 1.82) is 0 Å². The number of anilines is 3. The van der Waals surface area contributed by atoms with Crippen LogP contribution in [0.15, 0.2) is 182 Å². The molecule has 0 saturated carbocycles. The average molecular weight is 688 g/mol. The lowest BCUT2D eigenvalue weighted by molar-refractivity contribution is 0.317. The van der Waals surface area contributed by atoms with Gasteiger partial charge in [0, 0.05) is 50.3 Å². The van der Waals surface area contributed by atoms with E-state index in [0.717, 1.165) is 63.4 Å². The molecule has 0 radical (unpaired) electrons. The van der Waals surface area contributed by atoms with Crippen molar-refractivity contribution >= 4 is 38.9 Å². The van der Waals surface area contributed by atoms with Gasteiger partial charge in [-0.05, 0) is 116 Å². The largest absolute Gasteiger partial charge is 0.494 e. The van der Waals surface area contributed by atoms with Crippen LogP contribution in [0.4, 0.5) is 17.1 Å². The van der Waals surface area contributed by atoms with Crippen LogP contribution in [0.25, 0.3) is 56.0 Å². The van der Waals surface area contributed by atoms with Gasteiger partial charge in [-0.25, -0.2) is 0 Å². The molecule has 53 heavy (non-hydrogen) atoms. The lowest BCUT2D eigenvalue weighted by atomic mass is 10.1. The SMILES string of the molecule is CCCOc1ccc(-c2nnc(-c3ccc(N(c4ccccc4)c4ccc(-n5c6ccccc6c6ccccc65)cc4)cc3)n2-c2ccccc2)cc1. The number of ether oxygens (including phenoxy) is 1. The van der Waals surface area contributed by atoms with Crippen molar-refractivity contribution < 1.29 is 4.74 Å². The van der Waals surface area contributed by atoms with Crippen molar-refractivity contribution in [2.75, 3.05) is 11.5 Å². The highest BCUT2D eigenvalue weighted by atomic mass is 16.5. The van der Waals surface area contributed by atoms with Gasteiger partial charge in [-0.15, -0.1) is 10.2 Å². The van der Waals surface area contributed by atoms with Crippen molar-refractivity contribution in [3.8, 4) is 39.9 Å². The highest BCUT2D eigenvalue weighted by Gasteiger charge is 2.19. The van der Waals surface area contributed by atoms with Gasteiger partial charge in [-0.1, -0.05) is 79.7 Å². The zero-order valence-electron chi connectivity index (χ0n) is 29.4. The maximum absolute atomic E-state index is 5.84. The minimum atomic E-state index is 0.690. The fourth-order valence-electron chi connectivity index (χ4n) is 7.14. The van der Waals surface area contributed by atoms with E-state index in [0.29, 0.717) is 6.61 Å². The van der Waals surface area contributed by atoms with Crippen LogP contribution in [0.3, 0.4) is 0 Å². The summed E-state index contributed by atoms with van der Waals surface area (Å²) in [5.41, 5.74) is 9.61. The highest BCUT2D eigenvalue weighted by Crippen LogP contribution is 2.38. The summed E-state index contributed by atoms with van der Waals surface area (Å²) in [5.74, 6) is 2.39. The molecule has 0 saturated heterocycles. The summed E-state index contributed by atoms with van der Waals surface area (Å²) in [4.78, 5) is 2.29. The fraction of sp³-hybridized carbons (Fsp3) is 0.0638. The molecular weight excluding hydrogens is 651 g/mol. The van der Waals surface area contributed by atoms with E-state index in [9.17, 15) is 0 Å². The first kappa shape index (κ1) is 32.0. The molecule has 0 bridgehead atoms. The molecule has 6 nitrogen and oxygen atoms in total. The summed E-state index contributed by atoms with van der Waals surface area (Å²) < 4.78 is 10.3. The van der Waals surface area contributed by atoms with Crippen LogP contribution in [-0.4, -0.2) is 25.9 Å². The van der Waals surface area contributed by atoms with E-state index < -0.39 is 0 Å². The molecular formula is C47H37N5O. The number of hydrogen-bond donors (Lipinski definition) is 0. The van der Waals surface area contributed by atoms with Gasteiger partial charge in [-0.3, -0.25) is 4.57 Å². The molecule has 0 unspecified atom stereocenters. The number of rotatable bonds is 10. The van der Waals surface area contributed by atoms with Crippen molar-refractivity contribution in [3.63, 3.8) is 0 Å². The first-order chi connectivity index (χ1) is 26.3. The van der Waals surface area contributed by atoms with Crippen LogP contribution in [0.5, 0.6) is 5.75 Å². The maximum atomic E-state index is 5.84. The Kier molecular flexibility index (Phi) is 8.46. The Bertz CT molecular complexity index is 2570. The summed E-state index contributed by atoms with van der Waals surface area (Å²) in [6, 6.07) is 63.5. The molecule has 0 spiro atoms. The molecule has 2 aromatic heterocycles. The summed E-state index contributed by atoms with van der Waals surface area (Å²) in [6.07, 6.45) is 0.964. The minimum absolute atomic E-state index is 0.690. The van der Waals surface area contributed by atoms with E-state index in [1.165, 1.54) is 21.8 Å². The summed E-state index contributed by atoms with van der Waals surface area (Å²) in [7, 11) is 0. The van der Waals surface area contributed by atoms with E-state index in [2.05, 4.69) is 160 Å². The van der Waals surface area contributed by atoms with Gasteiger partial charge in [-0.2, -0.15) is 0 Å². The van der Waals surface area contributed by atoms with Gasteiger partial charge in [0.2, 0.25) is 0 Å². The number of nitrogens with zero attached hydrogens (tertiary/aromatic N) is 5. The van der Waals surface area contributed by atoms with E-state index >= 15 is 0 Å². The van der Waals surface area contributed by atoms with E-state index in [1.54, 1.807) is 0 Å². The van der Waals surface area contributed by atoms with Crippen LogP contribution >= 0.6 is 0 Å². The van der Waals surface area contributed by atoms with Crippen LogP contribution < -0.4 is 9.64 Å². The normalized spacial score (nSPS) is 11.3. The standard InChI is InChI=1S/C47H37N5O/c1-2-33-53-41-31-23-35(24-32-41)47-49-48-46(52(47)37-15-7-4-8-16-37)34-21-25-38(26-22-34)50(36-13-5-3-6-14-36)39-27-29-40(30-28-39)51-44-19-11-9-17-42(44)43-18-10-12-20-45(43)51/h3-32H,2,33H2,1H3. The van der Waals surface area contributed by atoms with E-state index in [1.807, 2.05) is 42.5 Å². The molecule has 256 valence electrons. The third kappa shape index (κ3) is 6.00. The molecule has 0 amide bonds. The van der Waals surface area contributed by atoms with Crippen LogP contribution in [0, 0.1) is 0 Å². The molecule has 0 aliphatic rings. The molecule has 2 heterocycles. The lowest BCUT2D eigenvalue weighted by Gasteiger charge is -2.26. The van der Waals surface area contributed by atoms with E-state index in [-0.39, 0.29) is 0 Å². The molecule has 7 aromatic carbocycles. The second-order valence-electron chi connectivity index (χ2n) is 13.0. The third-order valence-corrected chi connectivity index (χ3v) is 9.61. The zero-order chi connectivity index (χ0) is 35.6. The molecule has 9 rings (SSSR count). The fourth-order valence-corrected chi connectivity index (χ4v) is 7.14. The summed E-state index contributed by atoms with van der Waals surface area (Å²) in [6.45, 7) is 2.80. The Hall–Kier alpha value is -6.92. The molecule has 0 N–H and O–H groups in total. The Morgan fingerprint density at radius 1 is 0.453 bits per heavy atom. The van der Waals surface area contributed by atoms with Gasteiger partial charge < -0.3 is 14.2 Å². The zero-order valence-corrected chi connectivity index (χ0v) is 29.4. The molecule has 0 fully saturated rings. The van der Waals surface area contributed by atoms with E-state index in [4.69, 9.17) is 14.9 Å². The molecule has 0 aliphatic carbocycles. The van der Waals surface area contributed by atoms with Crippen molar-refractivity contribution in [1.82, 2.24) is 19.3 Å². The molecule has 0 aliphatic heterocycles. The monoisotopic (exact) mass is 687 g/mol. The third-order valence-electron chi connectivity index (χ3n) is 9.61. The van der Waals surface area contributed by atoms with Crippen molar-refractivity contribution in [3.05, 3.63) is 182 Å². The maximum Gasteiger partial charge on any atom is 0.168 e. The summed E-state index contributed by atoms with van der Waals surface area (Å²) >= 11 is 0. The number of aromatic nitrogens is 4. The Morgan fingerprint density at radius 3 is 1.47 bits per heavy atom. The highest BCUT2D eigenvalue weighted by molar-refractivity contribution is 6.09. The Labute approximate surface area is 308 Å². The first-order valence-corrected chi connectivity index (χ1v) is 18.0. The number of hydrogen-bond acceptors (Lipinski definition) is 4. The van der Waals surface area contributed by atoms with Crippen molar-refractivity contribution in [2.24, 2.45) is 0 Å². The van der Waals surface area contributed by atoms with Gasteiger partial charge >= 0.3 is 0 Å². The molecule has 6 heteroatoms. The number of benzene rings is 7. The molecule has 0 atom stereocenters. The van der Waals surface area contributed by atoms with Gasteiger partial charge in [0.15, 0.2) is 11.6 Å². The summed E-state index contributed by atoms with van der Waals surface area (Å²) in [5, 5.41) is 12.0. The topological polar surface area (TPSA) is 48.1 Å². The predicted octanol–water partition coefficient (Wildman–Crippen LogP) is 12.0. The van der Waals surface area contributed by atoms with Crippen molar-refractivity contribution in [2.45, 2.75) is 13.3 Å². The number of para-hydroxylation sites is 4. The van der Waals surface area contributed by atoms with Gasteiger partial charge in [0.25, 0.3) is 0 Å². The average Bonchev–Trinajstić information content (AvgIpc) is 3.82. The Morgan fingerprint density at radius 2 is 0.906 bits per heavy atom. The molecule has 9 aromatic rings. The van der Waals surface area contributed by atoms with Crippen LogP contribution in [0.1, 0.15) is 13.3 Å². The van der Waals surface area contributed by atoms with Gasteiger partial charge in [0.05, 0.1) is 17.6 Å². The minimum Gasteiger partial charge on any atom is -0.494 e. The van der Waals surface area contributed by atoms with Crippen LogP contribution in [-0.2, 0) is 0 Å². The second kappa shape index (κ2) is 14.0. The van der Waals surface area contributed by atoms with Crippen LogP contribution in [0.2, 0.25) is 0 Å². The number of fused-ring (bicyclic) bond motifs is 3. The smallest absolute Gasteiger partial charge is 0.168 e. The lowest BCUT2D eigenvalue weighted by Crippen LogP contribution is -2.10.